The van der Waals surface area contributed by atoms with Gasteiger partial charge in [-0.15, -0.1) is 0 Å². The van der Waals surface area contributed by atoms with Crippen LogP contribution < -0.4 is 5.73 Å². The highest BCUT2D eigenvalue weighted by Gasteiger charge is 2.00. The Hall–Kier alpha value is -2.35. The van der Waals surface area contributed by atoms with Gasteiger partial charge in [0.1, 0.15) is 0 Å². The topological polar surface area (TPSA) is 93.3 Å². The number of amides is 1. The summed E-state index contributed by atoms with van der Waals surface area (Å²) in [6, 6.07) is 3.24. The van der Waals surface area contributed by atoms with Crippen molar-refractivity contribution in [3.05, 3.63) is 29.6 Å². The Morgan fingerprint density at radius 1 is 1.44 bits per heavy atom. The molecule has 0 bridgehead atoms. The molecule has 16 heavy (non-hydrogen) atoms. The normalized spacial score (nSPS) is 9.00. The number of hydrogen-bond acceptors (Lipinski definition) is 3. The van der Waals surface area contributed by atoms with Crippen molar-refractivity contribution in [2.45, 2.75) is 12.8 Å². The van der Waals surface area contributed by atoms with Gasteiger partial charge in [-0.1, -0.05) is 11.8 Å². The number of carboxylic acids is 1. The molecule has 5 heteroatoms. The number of hydrogen-bond donors (Lipinski definition) is 2. The monoisotopic (exact) mass is 218 g/mol. The quantitative estimate of drug-likeness (QED) is 0.695. The fourth-order valence-electron chi connectivity index (χ4n) is 0.991. The Bertz CT molecular complexity index is 454. The molecule has 0 unspecified atom stereocenters. The van der Waals surface area contributed by atoms with Gasteiger partial charge in [-0.25, -0.2) is 0 Å². The first-order valence-electron chi connectivity index (χ1n) is 4.52. The molecule has 0 radical (unpaired) electrons. The molecule has 3 N–H and O–H groups in total. The summed E-state index contributed by atoms with van der Waals surface area (Å²) in [5.41, 5.74) is 6.00. The van der Waals surface area contributed by atoms with Gasteiger partial charge >= 0.3 is 5.97 Å². The molecule has 0 saturated heterocycles. The first-order chi connectivity index (χ1) is 7.58. The number of nitrogens with zero attached hydrogens (tertiary/aromatic N) is 1. The van der Waals surface area contributed by atoms with E-state index in [1.807, 2.05) is 0 Å². The molecule has 0 spiro atoms. The standard InChI is InChI=1S/C11H10N2O3/c12-10(14)3-1-2-8-4-5-9(13-7-8)6-11(15)16/h4-5,7H,3,6H2,(H2,12,14)(H,15,16). The fourth-order valence-corrected chi connectivity index (χ4v) is 0.991. The average molecular weight is 218 g/mol. The summed E-state index contributed by atoms with van der Waals surface area (Å²) in [6.45, 7) is 0. The van der Waals surface area contributed by atoms with Crippen molar-refractivity contribution in [1.82, 2.24) is 4.98 Å². The van der Waals surface area contributed by atoms with E-state index in [9.17, 15) is 9.59 Å². The first kappa shape index (κ1) is 11.7. The molecule has 5 nitrogen and oxygen atoms in total. The minimum absolute atomic E-state index is 0.00310. The molecule has 1 aromatic heterocycles. The molecule has 0 fully saturated rings. The zero-order valence-corrected chi connectivity index (χ0v) is 8.43. The number of primary amides is 1. The molecule has 0 aromatic carbocycles. The van der Waals surface area contributed by atoms with Gasteiger partial charge < -0.3 is 10.8 Å². The van der Waals surface area contributed by atoms with Crippen LogP contribution in [-0.2, 0) is 16.0 Å². The zero-order valence-electron chi connectivity index (χ0n) is 8.43. The van der Waals surface area contributed by atoms with Gasteiger partial charge in [0.15, 0.2) is 0 Å². The van der Waals surface area contributed by atoms with Crippen LogP contribution in [0.25, 0.3) is 0 Å². The molecule has 0 aliphatic heterocycles. The Labute approximate surface area is 92.3 Å². The van der Waals surface area contributed by atoms with Gasteiger partial charge in [0.2, 0.25) is 5.91 Å². The van der Waals surface area contributed by atoms with Gasteiger partial charge in [0.05, 0.1) is 18.5 Å². The van der Waals surface area contributed by atoms with Gasteiger partial charge in [0.25, 0.3) is 0 Å². The van der Waals surface area contributed by atoms with Gasteiger partial charge in [-0.2, -0.15) is 0 Å². The number of carboxylic acid groups (broad SMARTS) is 1. The van der Waals surface area contributed by atoms with Crippen molar-refractivity contribution < 1.29 is 14.7 Å². The third-order valence-electron chi connectivity index (χ3n) is 1.65. The van der Waals surface area contributed by atoms with E-state index in [2.05, 4.69) is 16.8 Å². The molecule has 1 amide bonds. The lowest BCUT2D eigenvalue weighted by Gasteiger charge is -1.95. The van der Waals surface area contributed by atoms with E-state index in [0.29, 0.717) is 11.3 Å². The second kappa shape index (κ2) is 5.51. The van der Waals surface area contributed by atoms with Crippen LogP contribution in [0.1, 0.15) is 17.7 Å². The number of aromatic nitrogens is 1. The third-order valence-corrected chi connectivity index (χ3v) is 1.65. The third kappa shape index (κ3) is 4.24. The lowest BCUT2D eigenvalue weighted by atomic mass is 10.2. The van der Waals surface area contributed by atoms with Crippen LogP contribution in [0.15, 0.2) is 18.3 Å². The number of aliphatic carboxylic acids is 1. The van der Waals surface area contributed by atoms with Crippen LogP contribution in [-0.4, -0.2) is 22.0 Å². The average Bonchev–Trinajstić information content (AvgIpc) is 2.19. The van der Waals surface area contributed by atoms with Crippen LogP contribution in [0, 0.1) is 11.8 Å². The summed E-state index contributed by atoms with van der Waals surface area (Å²) in [7, 11) is 0. The highest BCUT2D eigenvalue weighted by atomic mass is 16.4. The molecule has 1 rings (SSSR count). The Morgan fingerprint density at radius 3 is 2.69 bits per heavy atom. The molecule has 0 aliphatic carbocycles. The molecule has 0 saturated carbocycles. The zero-order chi connectivity index (χ0) is 12.0. The molecule has 1 heterocycles. The van der Waals surface area contributed by atoms with Crippen molar-refractivity contribution in [1.29, 1.82) is 0 Å². The van der Waals surface area contributed by atoms with E-state index in [-0.39, 0.29) is 12.8 Å². The molecular formula is C11H10N2O3. The van der Waals surface area contributed by atoms with Crippen LogP contribution >= 0.6 is 0 Å². The van der Waals surface area contributed by atoms with E-state index in [0.717, 1.165) is 0 Å². The van der Waals surface area contributed by atoms with Crippen LogP contribution in [0.5, 0.6) is 0 Å². The molecule has 0 aliphatic rings. The number of carbonyl (C=O) groups is 2. The van der Waals surface area contributed by atoms with Crippen molar-refractivity contribution >= 4 is 11.9 Å². The minimum Gasteiger partial charge on any atom is -0.481 e. The maximum absolute atomic E-state index is 10.4. The molecule has 82 valence electrons. The van der Waals surface area contributed by atoms with E-state index in [1.165, 1.54) is 6.20 Å². The fraction of sp³-hybridized carbons (Fsp3) is 0.182. The first-order valence-corrected chi connectivity index (χ1v) is 4.52. The molecule has 1 aromatic rings. The minimum atomic E-state index is -0.930. The summed E-state index contributed by atoms with van der Waals surface area (Å²) < 4.78 is 0. The van der Waals surface area contributed by atoms with Gasteiger partial charge in [-0.05, 0) is 12.1 Å². The van der Waals surface area contributed by atoms with Crippen molar-refractivity contribution in [2.75, 3.05) is 0 Å². The predicted octanol–water partition coefficient (Wildman–Crippen LogP) is -0.0644. The maximum Gasteiger partial charge on any atom is 0.309 e. The summed E-state index contributed by atoms with van der Waals surface area (Å²) in [4.78, 5) is 24.7. The lowest BCUT2D eigenvalue weighted by Crippen LogP contribution is -2.08. The van der Waals surface area contributed by atoms with E-state index >= 15 is 0 Å². The molecule has 0 atom stereocenters. The van der Waals surface area contributed by atoms with Crippen LogP contribution in [0.3, 0.4) is 0 Å². The number of carbonyl (C=O) groups excluding carboxylic acids is 1. The summed E-state index contributed by atoms with van der Waals surface area (Å²) in [6.07, 6.45) is 1.35. The summed E-state index contributed by atoms with van der Waals surface area (Å²) in [5.74, 6) is 3.86. The van der Waals surface area contributed by atoms with Gasteiger partial charge in [0, 0.05) is 11.8 Å². The van der Waals surface area contributed by atoms with E-state index in [4.69, 9.17) is 10.8 Å². The largest absolute Gasteiger partial charge is 0.481 e. The Kier molecular flexibility index (Phi) is 4.04. The van der Waals surface area contributed by atoms with Gasteiger partial charge in [-0.3, -0.25) is 14.6 Å². The Balaban J connectivity index is 2.66. The summed E-state index contributed by atoms with van der Waals surface area (Å²) >= 11 is 0. The van der Waals surface area contributed by atoms with E-state index in [1.54, 1.807) is 12.1 Å². The number of nitrogens with two attached hydrogens (primary N) is 1. The number of pyridine rings is 1. The van der Waals surface area contributed by atoms with Crippen LogP contribution in [0.4, 0.5) is 0 Å². The van der Waals surface area contributed by atoms with Crippen molar-refractivity contribution in [3.8, 4) is 11.8 Å². The van der Waals surface area contributed by atoms with Crippen molar-refractivity contribution in [3.63, 3.8) is 0 Å². The number of rotatable bonds is 3. The highest BCUT2D eigenvalue weighted by Crippen LogP contribution is 1.99. The second-order valence-electron chi connectivity index (χ2n) is 3.05. The Morgan fingerprint density at radius 2 is 2.19 bits per heavy atom. The van der Waals surface area contributed by atoms with Crippen molar-refractivity contribution in [2.24, 2.45) is 5.73 Å². The smallest absolute Gasteiger partial charge is 0.309 e. The SMILES string of the molecule is NC(=O)CC#Cc1ccc(CC(=O)O)nc1. The predicted molar refractivity (Wildman–Crippen MR) is 56.3 cm³/mol. The lowest BCUT2D eigenvalue weighted by molar-refractivity contribution is -0.136. The summed E-state index contributed by atoms with van der Waals surface area (Å²) in [5, 5.41) is 8.52. The highest BCUT2D eigenvalue weighted by molar-refractivity contribution is 5.76. The second-order valence-corrected chi connectivity index (χ2v) is 3.05. The van der Waals surface area contributed by atoms with E-state index < -0.39 is 11.9 Å². The maximum atomic E-state index is 10.4. The molecular weight excluding hydrogens is 208 g/mol. The van der Waals surface area contributed by atoms with Crippen LogP contribution in [0.2, 0.25) is 0 Å².